The minimum absolute atomic E-state index is 0.0778. The van der Waals surface area contributed by atoms with Crippen molar-refractivity contribution in [3.05, 3.63) is 23.5 Å². The molecule has 0 heterocycles. The number of hydrogen-bond donors (Lipinski definition) is 2. The molecule has 0 saturated heterocycles. The summed E-state index contributed by atoms with van der Waals surface area (Å²) in [6, 6.07) is 2.40. The van der Waals surface area contributed by atoms with E-state index in [0.29, 0.717) is 6.42 Å². The standard InChI is InChI=1S/C13H21FN2O2S/c1-5-6-13(3,4)16-19(17,18)12-8-10(15)7-11(14)9(12)2/h7-8,16H,5-6,15H2,1-4H3. The van der Waals surface area contributed by atoms with Crippen LogP contribution in [-0.2, 0) is 10.0 Å². The van der Waals surface area contributed by atoms with E-state index >= 15 is 0 Å². The lowest BCUT2D eigenvalue weighted by molar-refractivity contribution is 0.417. The minimum atomic E-state index is -3.79. The Morgan fingerprint density at radius 3 is 2.47 bits per heavy atom. The van der Waals surface area contributed by atoms with Gasteiger partial charge in [-0.3, -0.25) is 0 Å². The molecule has 1 rings (SSSR count). The second-order valence-corrected chi connectivity index (χ2v) is 7.02. The summed E-state index contributed by atoms with van der Waals surface area (Å²) in [5.74, 6) is -0.617. The molecule has 0 aliphatic rings. The molecule has 19 heavy (non-hydrogen) atoms. The van der Waals surface area contributed by atoms with Crippen LogP contribution in [0.2, 0.25) is 0 Å². The Morgan fingerprint density at radius 1 is 1.37 bits per heavy atom. The van der Waals surface area contributed by atoms with Gasteiger partial charge in [0, 0.05) is 16.8 Å². The maximum absolute atomic E-state index is 13.6. The maximum Gasteiger partial charge on any atom is 0.241 e. The van der Waals surface area contributed by atoms with Gasteiger partial charge in [0.05, 0.1) is 4.90 Å². The van der Waals surface area contributed by atoms with Crippen LogP contribution in [0, 0.1) is 12.7 Å². The summed E-state index contributed by atoms with van der Waals surface area (Å²) in [4.78, 5) is -0.103. The molecule has 0 aliphatic carbocycles. The Balaban J connectivity index is 3.22. The van der Waals surface area contributed by atoms with Crippen molar-refractivity contribution in [2.45, 2.75) is 51.0 Å². The van der Waals surface area contributed by atoms with Crippen LogP contribution in [0.15, 0.2) is 17.0 Å². The predicted octanol–water partition coefficient (Wildman–Crippen LogP) is 2.57. The van der Waals surface area contributed by atoms with Gasteiger partial charge in [0.2, 0.25) is 10.0 Å². The van der Waals surface area contributed by atoms with Crippen LogP contribution in [0.3, 0.4) is 0 Å². The first-order valence-corrected chi connectivity index (χ1v) is 7.67. The van der Waals surface area contributed by atoms with Gasteiger partial charge in [-0.2, -0.15) is 0 Å². The van der Waals surface area contributed by atoms with Gasteiger partial charge in [-0.05, 0) is 39.3 Å². The van der Waals surface area contributed by atoms with E-state index in [9.17, 15) is 12.8 Å². The molecule has 1 aromatic rings. The van der Waals surface area contributed by atoms with Gasteiger partial charge in [-0.1, -0.05) is 13.3 Å². The molecule has 108 valence electrons. The van der Waals surface area contributed by atoms with E-state index in [-0.39, 0.29) is 16.1 Å². The van der Waals surface area contributed by atoms with Gasteiger partial charge in [-0.15, -0.1) is 0 Å². The Kier molecular flexibility index (Phi) is 4.58. The fraction of sp³-hybridized carbons (Fsp3) is 0.538. The van der Waals surface area contributed by atoms with Crippen molar-refractivity contribution in [1.82, 2.24) is 4.72 Å². The number of nitrogen functional groups attached to an aromatic ring is 1. The van der Waals surface area contributed by atoms with Crippen LogP contribution in [-0.4, -0.2) is 14.0 Å². The highest BCUT2D eigenvalue weighted by molar-refractivity contribution is 7.89. The van der Waals surface area contributed by atoms with Gasteiger partial charge in [0.15, 0.2) is 0 Å². The lowest BCUT2D eigenvalue weighted by Crippen LogP contribution is -2.43. The number of hydrogen-bond acceptors (Lipinski definition) is 3. The molecule has 0 aromatic heterocycles. The normalized spacial score (nSPS) is 12.7. The number of rotatable bonds is 5. The predicted molar refractivity (Wildman–Crippen MR) is 74.9 cm³/mol. The van der Waals surface area contributed by atoms with Crippen LogP contribution in [0.1, 0.15) is 39.2 Å². The summed E-state index contributed by atoms with van der Waals surface area (Å²) in [7, 11) is -3.79. The molecule has 0 bridgehead atoms. The topological polar surface area (TPSA) is 72.2 Å². The first-order valence-electron chi connectivity index (χ1n) is 6.18. The van der Waals surface area contributed by atoms with Crippen molar-refractivity contribution in [2.75, 3.05) is 5.73 Å². The van der Waals surface area contributed by atoms with E-state index in [0.717, 1.165) is 12.5 Å². The van der Waals surface area contributed by atoms with Gasteiger partial charge >= 0.3 is 0 Å². The van der Waals surface area contributed by atoms with E-state index in [4.69, 9.17) is 5.73 Å². The summed E-state index contributed by atoms with van der Waals surface area (Å²) in [6.07, 6.45) is 1.54. The second kappa shape index (κ2) is 5.46. The number of halogens is 1. The van der Waals surface area contributed by atoms with Crippen molar-refractivity contribution in [1.29, 1.82) is 0 Å². The first kappa shape index (κ1) is 15.9. The van der Waals surface area contributed by atoms with Crippen molar-refractivity contribution in [3.8, 4) is 0 Å². The zero-order valence-electron chi connectivity index (χ0n) is 11.7. The van der Waals surface area contributed by atoms with E-state index < -0.39 is 21.4 Å². The van der Waals surface area contributed by atoms with Crippen molar-refractivity contribution >= 4 is 15.7 Å². The summed E-state index contributed by atoms with van der Waals surface area (Å²) in [5, 5.41) is 0. The largest absolute Gasteiger partial charge is 0.399 e. The van der Waals surface area contributed by atoms with Crippen molar-refractivity contribution < 1.29 is 12.8 Å². The fourth-order valence-electron chi connectivity index (χ4n) is 2.05. The highest BCUT2D eigenvalue weighted by Gasteiger charge is 2.27. The van der Waals surface area contributed by atoms with Crippen LogP contribution in [0.5, 0.6) is 0 Å². The summed E-state index contributed by atoms with van der Waals surface area (Å²) in [6.45, 7) is 7.00. The lowest BCUT2D eigenvalue weighted by atomic mass is 10.0. The molecular formula is C13H21FN2O2S. The quantitative estimate of drug-likeness (QED) is 0.818. The number of benzene rings is 1. The number of anilines is 1. The molecule has 0 unspecified atom stereocenters. The highest BCUT2D eigenvalue weighted by Crippen LogP contribution is 2.24. The first-order chi connectivity index (χ1) is 8.59. The minimum Gasteiger partial charge on any atom is -0.399 e. The molecule has 0 amide bonds. The zero-order valence-corrected chi connectivity index (χ0v) is 12.6. The summed E-state index contributed by atoms with van der Waals surface area (Å²) in [5.41, 5.74) is 5.10. The average molecular weight is 288 g/mol. The SMILES string of the molecule is CCCC(C)(C)NS(=O)(=O)c1cc(N)cc(F)c1C. The molecule has 0 spiro atoms. The molecule has 1 aromatic carbocycles. The summed E-state index contributed by atoms with van der Waals surface area (Å²) >= 11 is 0. The lowest BCUT2D eigenvalue weighted by Gasteiger charge is -2.26. The third-order valence-corrected chi connectivity index (χ3v) is 4.72. The van der Waals surface area contributed by atoms with Crippen LogP contribution in [0.25, 0.3) is 0 Å². The van der Waals surface area contributed by atoms with E-state index in [1.807, 2.05) is 6.92 Å². The van der Waals surface area contributed by atoms with Gasteiger partial charge in [0.25, 0.3) is 0 Å². The van der Waals surface area contributed by atoms with Crippen molar-refractivity contribution in [3.63, 3.8) is 0 Å². The van der Waals surface area contributed by atoms with Crippen LogP contribution in [0.4, 0.5) is 10.1 Å². The molecule has 0 fully saturated rings. The van der Waals surface area contributed by atoms with Gasteiger partial charge < -0.3 is 5.73 Å². The van der Waals surface area contributed by atoms with Crippen LogP contribution < -0.4 is 10.5 Å². The smallest absolute Gasteiger partial charge is 0.241 e. The number of nitrogens with one attached hydrogen (secondary N) is 1. The Morgan fingerprint density at radius 2 is 1.95 bits per heavy atom. The Hall–Kier alpha value is -1.14. The Bertz CT molecular complexity index is 568. The van der Waals surface area contributed by atoms with Crippen LogP contribution >= 0.6 is 0 Å². The second-order valence-electron chi connectivity index (χ2n) is 5.37. The third kappa shape index (κ3) is 3.91. The molecule has 6 heteroatoms. The fourth-order valence-corrected chi connectivity index (χ4v) is 3.78. The highest BCUT2D eigenvalue weighted by atomic mass is 32.2. The average Bonchev–Trinajstić information content (AvgIpc) is 2.21. The number of sulfonamides is 1. The van der Waals surface area contributed by atoms with Gasteiger partial charge in [0.1, 0.15) is 5.82 Å². The molecule has 3 N–H and O–H groups in total. The third-order valence-electron chi connectivity index (χ3n) is 2.89. The van der Waals surface area contributed by atoms with E-state index in [2.05, 4.69) is 4.72 Å². The molecule has 0 aliphatic heterocycles. The molecule has 0 radical (unpaired) electrons. The monoisotopic (exact) mass is 288 g/mol. The van der Waals surface area contributed by atoms with E-state index in [1.165, 1.54) is 13.0 Å². The van der Waals surface area contributed by atoms with E-state index in [1.54, 1.807) is 13.8 Å². The van der Waals surface area contributed by atoms with Crippen molar-refractivity contribution in [2.24, 2.45) is 0 Å². The molecular weight excluding hydrogens is 267 g/mol. The zero-order chi connectivity index (χ0) is 14.8. The molecule has 4 nitrogen and oxygen atoms in total. The molecule has 0 atom stereocenters. The maximum atomic E-state index is 13.6. The number of nitrogens with two attached hydrogens (primary N) is 1. The summed E-state index contributed by atoms with van der Waals surface area (Å²) < 4.78 is 40.8. The van der Waals surface area contributed by atoms with Gasteiger partial charge in [-0.25, -0.2) is 17.5 Å². The molecule has 0 saturated carbocycles. The Labute approximate surface area is 114 Å².